The molecule has 2 aromatic rings. The molecule has 0 bridgehead atoms. The average molecular weight is 402 g/mol. The van der Waals surface area contributed by atoms with Crippen molar-refractivity contribution >= 4 is 37.6 Å². The fraction of sp³-hybridized carbons (Fsp3) is 0.286. The molecule has 1 aromatic carbocycles. The summed E-state index contributed by atoms with van der Waals surface area (Å²) in [6, 6.07) is 5.44. The Hall–Kier alpha value is -1.71. The third kappa shape index (κ3) is 4.18. The van der Waals surface area contributed by atoms with Gasteiger partial charge in [0.2, 0.25) is 0 Å². The van der Waals surface area contributed by atoms with Crippen LogP contribution < -0.4 is 5.32 Å². The number of benzene rings is 1. The van der Waals surface area contributed by atoms with Gasteiger partial charge in [-0.2, -0.15) is 13.5 Å². The molecule has 1 N–H and O–H groups in total. The van der Waals surface area contributed by atoms with Crippen LogP contribution in [0.4, 0.5) is 5.69 Å². The topological polar surface area (TPSA) is 90.3 Å². The Labute approximate surface area is 142 Å². The Morgan fingerprint density at radius 3 is 2.74 bits per heavy atom. The molecule has 0 fully saturated rings. The Balaban J connectivity index is 2.31. The molecule has 1 heterocycles. The molecule has 1 aromatic heterocycles. The highest BCUT2D eigenvalue weighted by molar-refractivity contribution is 9.10. The number of carbonyl (C=O) groups is 1. The number of hydrogen-bond donors (Lipinski definition) is 1. The van der Waals surface area contributed by atoms with E-state index in [9.17, 15) is 13.2 Å². The molecule has 9 heteroatoms. The molecule has 0 saturated heterocycles. The number of aromatic nitrogens is 2. The standard InChI is InChI=1S/C14H16BrN3O4S/c1-9-6-11(15)4-5-12(9)17-14(19)13-10(7-16-18(13)2)8-23(20,21)22-3/h4-7H,8H2,1-3H3,(H,17,19). The number of aryl methyl sites for hydroxylation is 2. The van der Waals surface area contributed by atoms with Crippen LogP contribution in [-0.4, -0.2) is 31.2 Å². The van der Waals surface area contributed by atoms with E-state index in [1.807, 2.05) is 19.1 Å². The van der Waals surface area contributed by atoms with E-state index in [1.165, 1.54) is 10.9 Å². The van der Waals surface area contributed by atoms with E-state index in [2.05, 4.69) is 30.5 Å². The normalized spacial score (nSPS) is 11.5. The number of amides is 1. The molecule has 0 saturated carbocycles. The van der Waals surface area contributed by atoms with Gasteiger partial charge in [-0.1, -0.05) is 15.9 Å². The smallest absolute Gasteiger partial charge is 0.274 e. The summed E-state index contributed by atoms with van der Waals surface area (Å²) in [5, 5.41) is 6.73. The molecule has 124 valence electrons. The second-order valence-electron chi connectivity index (χ2n) is 4.92. The molecule has 1 amide bonds. The largest absolute Gasteiger partial charge is 0.320 e. The Bertz CT molecular complexity index is 846. The monoisotopic (exact) mass is 401 g/mol. The molecular formula is C14H16BrN3O4S. The van der Waals surface area contributed by atoms with Crippen LogP contribution in [-0.2, 0) is 27.1 Å². The van der Waals surface area contributed by atoms with Crippen LogP contribution in [0.3, 0.4) is 0 Å². The fourth-order valence-electron chi connectivity index (χ4n) is 2.08. The van der Waals surface area contributed by atoms with Gasteiger partial charge in [0, 0.05) is 22.8 Å². The molecule has 0 aliphatic heterocycles. The van der Waals surface area contributed by atoms with E-state index >= 15 is 0 Å². The first-order valence-corrected chi connectivity index (χ1v) is 8.97. The predicted molar refractivity (Wildman–Crippen MR) is 89.7 cm³/mol. The highest BCUT2D eigenvalue weighted by Crippen LogP contribution is 2.21. The maximum atomic E-state index is 12.5. The Morgan fingerprint density at radius 2 is 2.13 bits per heavy atom. The van der Waals surface area contributed by atoms with Gasteiger partial charge >= 0.3 is 0 Å². The van der Waals surface area contributed by atoms with Crippen molar-refractivity contribution in [1.82, 2.24) is 9.78 Å². The summed E-state index contributed by atoms with van der Waals surface area (Å²) < 4.78 is 29.9. The van der Waals surface area contributed by atoms with Gasteiger partial charge in [0.1, 0.15) is 11.4 Å². The summed E-state index contributed by atoms with van der Waals surface area (Å²) in [4.78, 5) is 12.5. The van der Waals surface area contributed by atoms with Crippen molar-refractivity contribution in [2.45, 2.75) is 12.7 Å². The van der Waals surface area contributed by atoms with Gasteiger partial charge in [-0.3, -0.25) is 13.7 Å². The van der Waals surface area contributed by atoms with Crippen molar-refractivity contribution in [1.29, 1.82) is 0 Å². The molecule has 0 radical (unpaired) electrons. The summed E-state index contributed by atoms with van der Waals surface area (Å²) in [6.45, 7) is 1.86. The molecule has 23 heavy (non-hydrogen) atoms. The number of anilines is 1. The quantitative estimate of drug-likeness (QED) is 0.775. The minimum atomic E-state index is -3.74. The van der Waals surface area contributed by atoms with E-state index in [0.29, 0.717) is 5.69 Å². The molecule has 0 spiro atoms. The van der Waals surface area contributed by atoms with Crippen LogP contribution in [0, 0.1) is 6.92 Å². The highest BCUT2D eigenvalue weighted by atomic mass is 79.9. The van der Waals surface area contributed by atoms with Crippen LogP contribution >= 0.6 is 15.9 Å². The zero-order valence-electron chi connectivity index (χ0n) is 12.8. The van der Waals surface area contributed by atoms with Crippen molar-refractivity contribution in [3.05, 3.63) is 45.7 Å². The Kier molecular flexibility index (Phi) is 5.23. The number of carbonyl (C=O) groups excluding carboxylic acids is 1. The number of nitrogens with zero attached hydrogens (tertiary/aromatic N) is 2. The highest BCUT2D eigenvalue weighted by Gasteiger charge is 2.22. The third-order valence-electron chi connectivity index (χ3n) is 3.25. The van der Waals surface area contributed by atoms with Crippen molar-refractivity contribution in [3.8, 4) is 0 Å². The summed E-state index contributed by atoms with van der Waals surface area (Å²) in [7, 11) is -1.09. The molecule has 0 unspecified atom stereocenters. The molecule has 0 aliphatic rings. The van der Waals surface area contributed by atoms with Gasteiger partial charge in [0.25, 0.3) is 16.0 Å². The zero-order chi connectivity index (χ0) is 17.2. The van der Waals surface area contributed by atoms with Crippen LogP contribution in [0.2, 0.25) is 0 Å². The number of rotatable bonds is 5. The molecule has 0 atom stereocenters. The van der Waals surface area contributed by atoms with Gasteiger partial charge in [-0.05, 0) is 30.7 Å². The minimum Gasteiger partial charge on any atom is -0.320 e. The van der Waals surface area contributed by atoms with Crippen molar-refractivity contribution < 1.29 is 17.4 Å². The molecular weight excluding hydrogens is 386 g/mol. The van der Waals surface area contributed by atoms with Gasteiger partial charge < -0.3 is 5.32 Å². The molecule has 7 nitrogen and oxygen atoms in total. The van der Waals surface area contributed by atoms with Crippen LogP contribution in [0.25, 0.3) is 0 Å². The number of nitrogens with one attached hydrogen (secondary N) is 1. The van der Waals surface area contributed by atoms with Gasteiger partial charge in [-0.15, -0.1) is 0 Å². The first-order chi connectivity index (χ1) is 10.7. The van der Waals surface area contributed by atoms with E-state index < -0.39 is 21.8 Å². The maximum absolute atomic E-state index is 12.5. The fourth-order valence-corrected chi connectivity index (χ4v) is 3.27. The first kappa shape index (κ1) is 17.6. The maximum Gasteiger partial charge on any atom is 0.274 e. The lowest BCUT2D eigenvalue weighted by Gasteiger charge is -2.10. The summed E-state index contributed by atoms with van der Waals surface area (Å²) in [5.41, 5.74) is 1.97. The van der Waals surface area contributed by atoms with Crippen molar-refractivity contribution in [3.63, 3.8) is 0 Å². The number of hydrogen-bond acceptors (Lipinski definition) is 5. The summed E-state index contributed by atoms with van der Waals surface area (Å²) >= 11 is 3.36. The van der Waals surface area contributed by atoms with Gasteiger partial charge in [0.15, 0.2) is 0 Å². The van der Waals surface area contributed by atoms with Crippen molar-refractivity contribution in [2.24, 2.45) is 7.05 Å². The lowest BCUT2D eigenvalue weighted by Crippen LogP contribution is -2.19. The van der Waals surface area contributed by atoms with Crippen LogP contribution in [0.1, 0.15) is 21.6 Å². The molecule has 2 rings (SSSR count). The third-order valence-corrected chi connectivity index (χ3v) is 4.92. The van der Waals surface area contributed by atoms with Crippen LogP contribution in [0.15, 0.2) is 28.9 Å². The zero-order valence-corrected chi connectivity index (χ0v) is 15.2. The van der Waals surface area contributed by atoms with Gasteiger partial charge in [-0.25, -0.2) is 0 Å². The van der Waals surface area contributed by atoms with E-state index in [-0.39, 0.29) is 11.3 Å². The Morgan fingerprint density at radius 1 is 1.43 bits per heavy atom. The van der Waals surface area contributed by atoms with E-state index in [0.717, 1.165) is 17.1 Å². The lowest BCUT2D eigenvalue weighted by atomic mass is 10.2. The van der Waals surface area contributed by atoms with Crippen molar-refractivity contribution in [2.75, 3.05) is 12.4 Å². The van der Waals surface area contributed by atoms with Gasteiger partial charge in [0.05, 0.1) is 13.3 Å². The average Bonchev–Trinajstić information content (AvgIpc) is 2.82. The van der Waals surface area contributed by atoms with E-state index in [4.69, 9.17) is 0 Å². The lowest BCUT2D eigenvalue weighted by molar-refractivity contribution is 0.101. The second kappa shape index (κ2) is 6.81. The predicted octanol–water partition coefficient (Wildman–Crippen LogP) is 2.22. The summed E-state index contributed by atoms with van der Waals surface area (Å²) in [6.07, 6.45) is 1.35. The SMILES string of the molecule is COS(=O)(=O)Cc1cnn(C)c1C(=O)Nc1ccc(Br)cc1C. The first-order valence-electron chi connectivity index (χ1n) is 6.60. The van der Waals surface area contributed by atoms with Crippen LogP contribution in [0.5, 0.6) is 0 Å². The number of halogens is 1. The minimum absolute atomic E-state index is 0.174. The summed E-state index contributed by atoms with van der Waals surface area (Å²) in [5.74, 6) is -0.851. The second-order valence-corrected chi connectivity index (χ2v) is 7.58. The molecule has 0 aliphatic carbocycles. The van der Waals surface area contributed by atoms with E-state index in [1.54, 1.807) is 13.1 Å².